The van der Waals surface area contributed by atoms with Crippen LogP contribution in [0.4, 0.5) is 27.7 Å². The van der Waals surface area contributed by atoms with Crippen LogP contribution in [0.1, 0.15) is 16.7 Å². The molecule has 0 spiro atoms. The largest absolute Gasteiger partial charge is 0.465 e. The number of para-hydroxylation sites is 2. The number of rotatable bonds is 6. The minimum absolute atomic E-state index is 0.393. The lowest BCUT2D eigenvalue weighted by Gasteiger charge is -2.49. The Hall–Kier alpha value is -5.14. The van der Waals surface area contributed by atoms with Gasteiger partial charge in [0.1, 0.15) is 5.82 Å². The van der Waals surface area contributed by atoms with Crippen molar-refractivity contribution >= 4 is 29.0 Å². The van der Waals surface area contributed by atoms with Crippen molar-refractivity contribution in [3.8, 4) is 0 Å². The second kappa shape index (κ2) is 11.9. The maximum Gasteiger partial charge on any atom is 0.411 e. The lowest BCUT2D eigenvalue weighted by molar-refractivity contribution is 0.147. The molecule has 2 aliphatic heterocycles. The molecule has 1 aromatic heterocycles. The maximum atomic E-state index is 11.8. The molecule has 0 saturated carbocycles. The normalized spacial score (nSPS) is 15.6. The molecule has 1 saturated heterocycles. The maximum absolute atomic E-state index is 11.8. The average Bonchev–Trinajstić information content (AvgIpc) is 3.10. The van der Waals surface area contributed by atoms with E-state index in [2.05, 4.69) is 118 Å². The van der Waals surface area contributed by atoms with Crippen LogP contribution in [0.3, 0.4) is 0 Å². The number of carbonyl (C=O) groups is 1. The smallest absolute Gasteiger partial charge is 0.411 e. The minimum Gasteiger partial charge on any atom is -0.465 e. The number of aromatic nitrogens is 1. The average molecular weight is 582 g/mol. The summed E-state index contributed by atoms with van der Waals surface area (Å²) in [7, 11) is 0. The van der Waals surface area contributed by atoms with Gasteiger partial charge in [0.15, 0.2) is 0 Å². The van der Waals surface area contributed by atoms with Gasteiger partial charge in [-0.3, -0.25) is 9.80 Å². The number of piperazine rings is 1. The molecule has 0 unspecified atom stereocenters. The highest BCUT2D eigenvalue weighted by Crippen LogP contribution is 2.43. The van der Waals surface area contributed by atoms with Crippen molar-refractivity contribution in [3.63, 3.8) is 0 Å². The van der Waals surface area contributed by atoms with Crippen LogP contribution in [-0.2, 0) is 5.54 Å². The molecule has 1 fully saturated rings. The van der Waals surface area contributed by atoms with Gasteiger partial charge < -0.3 is 14.9 Å². The van der Waals surface area contributed by atoms with E-state index in [1.807, 2.05) is 30.5 Å². The Bertz CT molecular complexity index is 1610. The van der Waals surface area contributed by atoms with Gasteiger partial charge in [-0.15, -0.1) is 0 Å². The van der Waals surface area contributed by atoms with Crippen LogP contribution < -0.4 is 14.7 Å². The molecule has 3 heterocycles. The van der Waals surface area contributed by atoms with Crippen molar-refractivity contribution in [1.29, 1.82) is 0 Å². The van der Waals surface area contributed by atoms with Crippen molar-refractivity contribution in [3.05, 3.63) is 150 Å². The molecule has 5 aromatic rings. The number of fused-ring (bicyclic) bond motifs is 1. The highest BCUT2D eigenvalue weighted by atomic mass is 16.4. The van der Waals surface area contributed by atoms with Crippen molar-refractivity contribution in [2.24, 2.45) is 0 Å². The fraction of sp³-hybridized carbons (Fsp3) is 0.189. The Balaban J connectivity index is 1.16. The predicted molar refractivity (Wildman–Crippen MR) is 176 cm³/mol. The number of hydrogen-bond acceptors (Lipinski definition) is 5. The second-order valence-corrected chi connectivity index (χ2v) is 11.2. The Morgan fingerprint density at radius 2 is 1.11 bits per heavy atom. The van der Waals surface area contributed by atoms with Crippen LogP contribution in [0.15, 0.2) is 134 Å². The van der Waals surface area contributed by atoms with Gasteiger partial charge in [-0.2, -0.15) is 0 Å². The zero-order valence-electron chi connectivity index (χ0n) is 24.5. The lowest BCUT2D eigenvalue weighted by Crippen LogP contribution is -2.56. The summed E-state index contributed by atoms with van der Waals surface area (Å²) in [6.07, 6.45) is 1.02. The van der Waals surface area contributed by atoms with Crippen molar-refractivity contribution in [2.75, 3.05) is 54.0 Å². The molecule has 44 heavy (non-hydrogen) atoms. The molecule has 4 aromatic carbocycles. The first-order valence-electron chi connectivity index (χ1n) is 15.2. The van der Waals surface area contributed by atoms with Gasteiger partial charge in [0, 0.05) is 39.3 Å². The monoisotopic (exact) mass is 581 g/mol. The van der Waals surface area contributed by atoms with Crippen LogP contribution in [0.2, 0.25) is 0 Å². The molecule has 7 nitrogen and oxygen atoms in total. The molecule has 0 radical (unpaired) electrons. The van der Waals surface area contributed by atoms with E-state index in [9.17, 15) is 9.90 Å². The molecule has 0 aliphatic carbocycles. The zero-order chi connectivity index (χ0) is 29.9. The molecule has 1 amide bonds. The van der Waals surface area contributed by atoms with E-state index in [0.29, 0.717) is 18.8 Å². The number of carboxylic acid groups (broad SMARTS) is 1. The Morgan fingerprint density at radius 3 is 1.61 bits per heavy atom. The highest BCUT2D eigenvalue weighted by molar-refractivity contribution is 5.93. The SMILES string of the molecule is O=C(O)N1CCN(c2ccc(N3CCN(C(c4ccccc4)(c4ccccc4)c4ccccc4)CC3)cn2)c2ccccc21. The van der Waals surface area contributed by atoms with Crippen LogP contribution in [-0.4, -0.2) is 60.4 Å². The standard InChI is InChI=1S/C37H35N5O2/c43-36(44)42-27-26-41(33-18-10-11-19-34(33)42)35-21-20-32(28-38-35)39-22-24-40(25-23-39)37(29-12-4-1-5-13-29,30-14-6-2-7-15-30)31-16-8-3-9-17-31/h1-21,28H,22-27H2,(H,43,44). The van der Waals surface area contributed by atoms with Crippen LogP contribution >= 0.6 is 0 Å². The summed E-state index contributed by atoms with van der Waals surface area (Å²) in [6, 6.07) is 44.4. The first-order chi connectivity index (χ1) is 21.7. The van der Waals surface area contributed by atoms with Crippen molar-refractivity contribution in [1.82, 2.24) is 9.88 Å². The number of amides is 1. The summed E-state index contributed by atoms with van der Waals surface area (Å²) in [6.45, 7) is 4.44. The molecule has 2 aliphatic rings. The van der Waals surface area contributed by atoms with E-state index in [0.717, 1.165) is 43.4 Å². The van der Waals surface area contributed by atoms with E-state index in [1.165, 1.54) is 21.6 Å². The minimum atomic E-state index is -0.935. The third-order valence-electron chi connectivity index (χ3n) is 8.94. The second-order valence-electron chi connectivity index (χ2n) is 11.2. The summed E-state index contributed by atoms with van der Waals surface area (Å²) < 4.78 is 0. The summed E-state index contributed by atoms with van der Waals surface area (Å²) in [5.41, 5.74) is 6.01. The first kappa shape index (κ1) is 27.7. The summed E-state index contributed by atoms with van der Waals surface area (Å²) in [5.74, 6) is 0.820. The van der Waals surface area contributed by atoms with E-state index >= 15 is 0 Å². The lowest BCUT2D eigenvalue weighted by atomic mass is 9.75. The van der Waals surface area contributed by atoms with Gasteiger partial charge in [0.05, 0.1) is 28.8 Å². The van der Waals surface area contributed by atoms with Gasteiger partial charge >= 0.3 is 6.09 Å². The fourth-order valence-corrected chi connectivity index (χ4v) is 6.91. The number of benzene rings is 4. The third-order valence-corrected chi connectivity index (χ3v) is 8.94. The fourth-order valence-electron chi connectivity index (χ4n) is 6.91. The quantitative estimate of drug-likeness (QED) is 0.222. The Labute approximate surface area is 258 Å². The number of nitrogens with zero attached hydrogens (tertiary/aromatic N) is 5. The van der Waals surface area contributed by atoms with Crippen molar-refractivity contribution in [2.45, 2.75) is 5.54 Å². The zero-order valence-corrected chi connectivity index (χ0v) is 24.5. The van der Waals surface area contributed by atoms with Crippen LogP contribution in [0.5, 0.6) is 0 Å². The number of hydrogen-bond donors (Lipinski definition) is 1. The molecule has 7 rings (SSSR count). The number of anilines is 4. The van der Waals surface area contributed by atoms with Gasteiger partial charge in [-0.05, 0) is 41.0 Å². The summed E-state index contributed by atoms with van der Waals surface area (Å²) >= 11 is 0. The third kappa shape index (κ3) is 4.85. The molecule has 1 N–H and O–H groups in total. The summed E-state index contributed by atoms with van der Waals surface area (Å²) in [4.78, 5) is 25.2. The van der Waals surface area contributed by atoms with Gasteiger partial charge in [-0.25, -0.2) is 9.78 Å². The van der Waals surface area contributed by atoms with Crippen LogP contribution in [0, 0.1) is 0 Å². The molecule has 220 valence electrons. The Kier molecular flexibility index (Phi) is 7.46. The van der Waals surface area contributed by atoms with E-state index in [-0.39, 0.29) is 0 Å². The topological polar surface area (TPSA) is 63.2 Å². The summed E-state index contributed by atoms with van der Waals surface area (Å²) in [5, 5.41) is 9.67. The predicted octanol–water partition coefficient (Wildman–Crippen LogP) is 6.83. The first-order valence-corrected chi connectivity index (χ1v) is 15.2. The molecule has 0 bridgehead atoms. The highest BCUT2D eigenvalue weighted by Gasteiger charge is 2.43. The van der Waals surface area contributed by atoms with Gasteiger partial charge in [-0.1, -0.05) is 103 Å². The molecule has 7 heteroatoms. The van der Waals surface area contributed by atoms with E-state index in [1.54, 1.807) is 0 Å². The van der Waals surface area contributed by atoms with Gasteiger partial charge in [0.2, 0.25) is 0 Å². The molecular weight excluding hydrogens is 546 g/mol. The van der Waals surface area contributed by atoms with E-state index in [4.69, 9.17) is 4.98 Å². The van der Waals surface area contributed by atoms with E-state index < -0.39 is 11.6 Å². The molecular formula is C37H35N5O2. The van der Waals surface area contributed by atoms with Crippen molar-refractivity contribution < 1.29 is 9.90 Å². The van der Waals surface area contributed by atoms with Gasteiger partial charge in [0.25, 0.3) is 0 Å². The Morgan fingerprint density at radius 1 is 0.591 bits per heavy atom. The number of pyridine rings is 1. The molecule has 0 atom stereocenters. The van der Waals surface area contributed by atoms with Crippen LogP contribution in [0.25, 0.3) is 0 Å².